The van der Waals surface area contributed by atoms with Gasteiger partial charge in [-0.15, -0.1) is 11.3 Å². The molecule has 0 fully saturated rings. The van der Waals surface area contributed by atoms with Gasteiger partial charge in [-0.1, -0.05) is 30.3 Å². The van der Waals surface area contributed by atoms with Crippen molar-refractivity contribution in [2.24, 2.45) is 0 Å². The maximum Gasteiger partial charge on any atom is 0.322 e. The molecule has 7 nitrogen and oxygen atoms in total. The van der Waals surface area contributed by atoms with Gasteiger partial charge in [-0.2, -0.15) is 4.72 Å². The van der Waals surface area contributed by atoms with Gasteiger partial charge in [-0.3, -0.25) is 4.79 Å². The van der Waals surface area contributed by atoms with E-state index in [0.29, 0.717) is 11.2 Å². The molecule has 0 saturated carbocycles. The van der Waals surface area contributed by atoms with Crippen molar-refractivity contribution in [1.29, 1.82) is 0 Å². The Balaban J connectivity index is 1.58. The summed E-state index contributed by atoms with van der Waals surface area (Å²) in [4.78, 5) is 19.7. The van der Waals surface area contributed by atoms with Crippen LogP contribution in [0.1, 0.15) is 5.56 Å². The summed E-state index contributed by atoms with van der Waals surface area (Å²) in [5, 5.41) is 10.4. The third-order valence-corrected chi connectivity index (χ3v) is 7.56. The molecule has 1 aromatic carbocycles. The van der Waals surface area contributed by atoms with Crippen molar-refractivity contribution in [3.8, 4) is 10.4 Å². The highest BCUT2D eigenvalue weighted by atomic mass is 32.2. The van der Waals surface area contributed by atoms with Crippen molar-refractivity contribution in [2.75, 3.05) is 0 Å². The van der Waals surface area contributed by atoms with Gasteiger partial charge >= 0.3 is 5.97 Å². The van der Waals surface area contributed by atoms with E-state index in [-0.39, 0.29) is 10.6 Å². The van der Waals surface area contributed by atoms with Crippen LogP contribution in [0.2, 0.25) is 0 Å². The summed E-state index contributed by atoms with van der Waals surface area (Å²) in [6, 6.07) is 14.9. The average Bonchev–Trinajstić information content (AvgIpc) is 3.36. The zero-order valence-corrected chi connectivity index (χ0v) is 16.7. The summed E-state index contributed by atoms with van der Waals surface area (Å²) >= 11 is 1.10. The minimum absolute atomic E-state index is 0.00280. The Labute approximate surface area is 171 Å². The number of hydrogen-bond donors (Lipinski definition) is 3. The number of thiophene rings is 1. The summed E-state index contributed by atoms with van der Waals surface area (Å²) in [6.07, 6.45) is 3.28. The third-order valence-electron chi connectivity index (χ3n) is 4.46. The SMILES string of the molecule is O=C(O)[C@H](Cc1c[nH]c2ncccc12)NS(=O)(=O)c1ccc(-c2ccccc2)s1. The molecule has 0 aliphatic carbocycles. The lowest BCUT2D eigenvalue weighted by molar-refractivity contribution is -0.138. The lowest BCUT2D eigenvalue weighted by Gasteiger charge is -2.13. The number of H-pyrrole nitrogens is 1. The second-order valence-corrected chi connectivity index (χ2v) is 9.44. The predicted molar refractivity (Wildman–Crippen MR) is 111 cm³/mol. The highest BCUT2D eigenvalue weighted by molar-refractivity contribution is 7.91. The molecule has 0 bridgehead atoms. The van der Waals surface area contributed by atoms with Crippen LogP contribution in [-0.4, -0.2) is 35.5 Å². The van der Waals surface area contributed by atoms with Gasteiger partial charge in [0, 0.05) is 29.1 Å². The molecule has 0 amide bonds. The van der Waals surface area contributed by atoms with Gasteiger partial charge in [0.05, 0.1) is 0 Å². The molecule has 9 heteroatoms. The fraction of sp³-hybridized carbons (Fsp3) is 0.100. The number of hydrogen-bond acceptors (Lipinski definition) is 5. The maximum absolute atomic E-state index is 12.8. The van der Waals surface area contributed by atoms with Crippen molar-refractivity contribution < 1.29 is 18.3 Å². The van der Waals surface area contributed by atoms with Gasteiger partial charge in [-0.25, -0.2) is 13.4 Å². The van der Waals surface area contributed by atoms with Crippen molar-refractivity contribution >= 4 is 38.4 Å². The van der Waals surface area contributed by atoms with E-state index in [0.717, 1.165) is 27.2 Å². The first-order valence-electron chi connectivity index (χ1n) is 8.75. The lowest BCUT2D eigenvalue weighted by Crippen LogP contribution is -2.41. The Hall–Kier alpha value is -3.01. The van der Waals surface area contributed by atoms with Crippen LogP contribution < -0.4 is 4.72 Å². The molecule has 0 saturated heterocycles. The zero-order valence-electron chi connectivity index (χ0n) is 15.1. The van der Waals surface area contributed by atoms with Crippen LogP contribution in [0.25, 0.3) is 21.5 Å². The number of aliphatic carboxylic acids is 1. The Kier molecular flexibility index (Phi) is 5.18. The molecule has 0 unspecified atom stereocenters. The summed E-state index contributed by atoms with van der Waals surface area (Å²) in [6.45, 7) is 0. The van der Waals surface area contributed by atoms with Gasteiger partial charge in [0.1, 0.15) is 15.9 Å². The molecule has 148 valence electrons. The van der Waals surface area contributed by atoms with E-state index in [1.807, 2.05) is 36.4 Å². The number of pyridine rings is 1. The molecule has 0 spiro atoms. The van der Waals surface area contributed by atoms with Crippen molar-refractivity contribution in [1.82, 2.24) is 14.7 Å². The van der Waals surface area contributed by atoms with Crippen LogP contribution >= 0.6 is 11.3 Å². The lowest BCUT2D eigenvalue weighted by atomic mass is 10.1. The predicted octanol–water partition coefficient (Wildman–Crippen LogP) is 3.27. The minimum Gasteiger partial charge on any atom is -0.480 e. The number of aromatic amines is 1. The second kappa shape index (κ2) is 7.78. The van der Waals surface area contributed by atoms with Crippen LogP contribution in [0, 0.1) is 0 Å². The minimum atomic E-state index is -3.99. The average molecular weight is 428 g/mol. The van der Waals surface area contributed by atoms with E-state index in [1.165, 1.54) is 6.07 Å². The largest absolute Gasteiger partial charge is 0.480 e. The fourth-order valence-corrected chi connectivity index (χ4v) is 5.57. The molecular weight excluding hydrogens is 410 g/mol. The van der Waals surface area contributed by atoms with Gasteiger partial charge in [0.15, 0.2) is 0 Å². The van der Waals surface area contributed by atoms with Crippen LogP contribution in [0.4, 0.5) is 0 Å². The van der Waals surface area contributed by atoms with E-state index >= 15 is 0 Å². The number of sulfonamides is 1. The first kappa shape index (κ1) is 19.3. The quantitative estimate of drug-likeness (QED) is 0.419. The van der Waals surface area contributed by atoms with Crippen LogP contribution in [0.5, 0.6) is 0 Å². The Morgan fingerprint density at radius 1 is 1.14 bits per heavy atom. The van der Waals surface area contributed by atoms with Gasteiger partial charge < -0.3 is 10.1 Å². The zero-order chi connectivity index (χ0) is 20.4. The molecule has 4 rings (SSSR count). The standard InChI is InChI=1S/C20H17N3O4S2/c24-20(25)16(11-14-12-22-19-15(14)7-4-10-21-19)23-29(26,27)18-9-8-17(28-18)13-5-2-1-3-6-13/h1-10,12,16,23H,11H2,(H,21,22)(H,24,25)/t16-/m0/s1. The molecule has 0 aliphatic heterocycles. The van der Waals surface area contributed by atoms with Crippen molar-refractivity contribution in [3.05, 3.63) is 72.6 Å². The Bertz CT molecular complexity index is 1260. The molecule has 29 heavy (non-hydrogen) atoms. The third kappa shape index (κ3) is 4.07. The van der Waals surface area contributed by atoms with Crippen LogP contribution in [0.3, 0.4) is 0 Å². The van der Waals surface area contributed by atoms with Crippen molar-refractivity contribution in [3.63, 3.8) is 0 Å². The number of nitrogens with one attached hydrogen (secondary N) is 2. The highest BCUT2D eigenvalue weighted by Crippen LogP contribution is 2.30. The number of rotatable bonds is 7. The number of aromatic nitrogens is 2. The number of carboxylic acids is 1. The molecule has 0 aliphatic rings. The highest BCUT2D eigenvalue weighted by Gasteiger charge is 2.27. The topological polar surface area (TPSA) is 112 Å². The summed E-state index contributed by atoms with van der Waals surface area (Å²) in [5.74, 6) is -1.24. The molecule has 3 heterocycles. The van der Waals surface area contributed by atoms with E-state index < -0.39 is 22.0 Å². The molecule has 4 aromatic rings. The molecule has 3 N–H and O–H groups in total. The number of fused-ring (bicyclic) bond motifs is 1. The molecule has 0 radical (unpaired) electrons. The van der Waals surface area contributed by atoms with E-state index in [2.05, 4.69) is 14.7 Å². The molecule has 3 aromatic heterocycles. The fourth-order valence-electron chi connectivity index (χ4n) is 3.05. The van der Waals surface area contributed by atoms with Gasteiger partial charge in [0.2, 0.25) is 0 Å². The monoisotopic (exact) mass is 427 g/mol. The number of carbonyl (C=O) groups is 1. The van der Waals surface area contributed by atoms with Gasteiger partial charge in [0.25, 0.3) is 10.0 Å². The first-order chi connectivity index (χ1) is 13.9. The van der Waals surface area contributed by atoms with Crippen LogP contribution in [-0.2, 0) is 21.2 Å². The number of nitrogens with zero attached hydrogens (tertiary/aromatic N) is 1. The summed E-state index contributed by atoms with van der Waals surface area (Å²) < 4.78 is 28.0. The first-order valence-corrected chi connectivity index (χ1v) is 11.1. The number of carboxylic acid groups (broad SMARTS) is 1. The maximum atomic E-state index is 12.8. The summed E-state index contributed by atoms with van der Waals surface area (Å²) in [7, 11) is -3.99. The number of benzene rings is 1. The van der Waals surface area contributed by atoms with E-state index in [1.54, 1.807) is 24.5 Å². The molecular formula is C20H17N3O4S2. The normalized spacial score (nSPS) is 12.8. The smallest absolute Gasteiger partial charge is 0.322 e. The Morgan fingerprint density at radius 2 is 1.93 bits per heavy atom. The van der Waals surface area contributed by atoms with Gasteiger partial charge in [-0.05, 0) is 35.4 Å². The second-order valence-electron chi connectivity index (χ2n) is 6.41. The summed E-state index contributed by atoms with van der Waals surface area (Å²) in [5.41, 5.74) is 2.21. The Morgan fingerprint density at radius 3 is 2.69 bits per heavy atom. The molecule has 1 atom stereocenters. The van der Waals surface area contributed by atoms with E-state index in [9.17, 15) is 18.3 Å². The van der Waals surface area contributed by atoms with Crippen molar-refractivity contribution in [2.45, 2.75) is 16.7 Å². The van der Waals surface area contributed by atoms with Crippen LogP contribution in [0.15, 0.2) is 71.2 Å². The van der Waals surface area contributed by atoms with E-state index in [4.69, 9.17) is 0 Å².